The van der Waals surface area contributed by atoms with Crippen LogP contribution in [0.4, 0.5) is 0 Å². The van der Waals surface area contributed by atoms with Crippen LogP contribution in [0.1, 0.15) is 103 Å². The van der Waals surface area contributed by atoms with Gasteiger partial charge in [0.25, 0.3) is 0 Å². The van der Waals surface area contributed by atoms with Crippen LogP contribution < -0.4 is 81.0 Å². The summed E-state index contributed by atoms with van der Waals surface area (Å²) >= 11 is 6.16. The summed E-state index contributed by atoms with van der Waals surface area (Å²) < 4.78 is 0. The molecule has 3 aliphatic heterocycles. The van der Waals surface area contributed by atoms with E-state index in [-0.39, 0.29) is 89.3 Å². The molecule has 0 radical (unpaired) electrons. The minimum atomic E-state index is -2.03. The first-order valence-corrected chi connectivity index (χ1v) is 30.4. The monoisotopic (exact) mass is 1290 g/mol. The van der Waals surface area contributed by atoms with Crippen LogP contribution in [0.2, 0.25) is 5.02 Å². The highest BCUT2D eigenvalue weighted by atomic mass is 35.5. The van der Waals surface area contributed by atoms with E-state index in [0.29, 0.717) is 16.1 Å². The normalized spacial score (nSPS) is 22.9. The third-order valence-corrected chi connectivity index (χ3v) is 15.2. The van der Waals surface area contributed by atoms with Crippen molar-refractivity contribution >= 4 is 100 Å². The van der Waals surface area contributed by atoms with Gasteiger partial charge in [0.05, 0.1) is 13.0 Å². The van der Waals surface area contributed by atoms with Crippen LogP contribution in [0.5, 0.6) is 0 Å². The van der Waals surface area contributed by atoms with Crippen molar-refractivity contribution in [2.75, 3.05) is 32.7 Å². The van der Waals surface area contributed by atoms with Gasteiger partial charge in [0.1, 0.15) is 60.4 Å². The number of nitrogens with one attached hydrogen (secondary N) is 12. The summed E-state index contributed by atoms with van der Waals surface area (Å²) in [6.45, 7) is 4.67. The SMILES string of the molecule is CC[C@H](NC(C)=O)C(=O)N[C@@H](Cc1ccc(Cl)cc1)C(=O)N[C@@H](Cc1cccnc1)C(=O)N[C@H]1CC(=O)NCC(C(N)=O)NC(=O)[C@@H]2CCCN2C(=O)C2CCNC(=O)CNC(=O)CC[C@H](NC1=O)C(=O)N[C@@H](CCCN=C(N)N)C(=O)N[C@H](CC(C)C)C(=O)N2. The van der Waals surface area contributed by atoms with Gasteiger partial charge < -0.3 is 85.9 Å². The summed E-state index contributed by atoms with van der Waals surface area (Å²) in [6, 6.07) is -5.94. The van der Waals surface area contributed by atoms with E-state index in [9.17, 15) is 67.1 Å². The highest BCUT2D eigenvalue weighted by Crippen LogP contribution is 2.21. The molecule has 4 heterocycles. The molecule has 5 rings (SSSR count). The molecule has 2 aromatic rings. The van der Waals surface area contributed by atoms with E-state index in [4.69, 9.17) is 28.8 Å². The Hall–Kier alpha value is -9.49. The van der Waals surface area contributed by atoms with Crippen molar-refractivity contribution in [3.63, 3.8) is 0 Å². The number of aromatic nitrogens is 1. The number of rotatable bonds is 19. The molecular weight excluding hydrogens is 1210 g/mol. The summed E-state index contributed by atoms with van der Waals surface area (Å²) in [5, 5.41) is 31.0. The van der Waals surface area contributed by atoms with Gasteiger partial charge in [-0.15, -0.1) is 0 Å². The van der Waals surface area contributed by atoms with Gasteiger partial charge in [-0.2, -0.15) is 0 Å². The number of pyridine rings is 1. The number of halogens is 1. The van der Waals surface area contributed by atoms with Crippen LogP contribution in [-0.4, -0.2) is 192 Å². The summed E-state index contributed by atoms with van der Waals surface area (Å²) in [5.41, 5.74) is 17.8. The third kappa shape index (κ3) is 23.8. The maximum Gasteiger partial charge on any atom is 0.245 e. The lowest BCUT2D eigenvalue weighted by Crippen LogP contribution is -2.61. The number of fused-ring (bicyclic) bond motifs is 10. The second kappa shape index (κ2) is 35.6. The standard InChI is InChI=1S/C58H83ClN18O14/c1-5-35(68-31(4)78)49(83)73-40(24-32-12-14-34(59)15-13-32)53(87)74-41(25-33-9-6-19-63-27-33)54(88)75-42-26-46(80)66-28-43(48(60)82)76-56(90)44-11-8-22-77(44)57(91)38-18-21-64-47(81)29-67-45(79)17-16-37(70-55(42)89)51(85)69-36(10-7-20-65-58(61)62)50(84)72-39(23-30(2)3)52(86)71-38/h6,9,12-15,19,27,30,35-44H,5,7-8,10-11,16-18,20-26,28-29H2,1-4H3,(H2,60,82)(H,64,81)(H,66,80)(H,67,79)(H,68,78)(H,69,85)(H,70,89)(H,71,86)(H,72,84)(H,73,83)(H,74,87)(H,75,88)(H,76,90)(H4,61,62,65)/t35-,36-,37-,38?,39+,40-,41-,42-,43?,44-/m0/s1. The lowest BCUT2D eigenvalue weighted by molar-refractivity contribution is -0.142. The zero-order chi connectivity index (χ0) is 66.9. The zero-order valence-electron chi connectivity index (χ0n) is 51.2. The Balaban J connectivity index is 1.64. The predicted molar refractivity (Wildman–Crippen MR) is 327 cm³/mol. The van der Waals surface area contributed by atoms with E-state index >= 15 is 0 Å². The topological polar surface area (TPSA) is 490 Å². The first-order valence-electron chi connectivity index (χ1n) is 30.0. The quantitative estimate of drug-likeness (QED) is 0.0271. The lowest BCUT2D eigenvalue weighted by atomic mass is 10.0. The van der Waals surface area contributed by atoms with E-state index in [1.165, 1.54) is 30.3 Å². The number of nitrogens with zero attached hydrogens (tertiary/aromatic N) is 3. The van der Waals surface area contributed by atoms with Crippen molar-refractivity contribution in [3.8, 4) is 0 Å². The molecule has 10 atom stereocenters. The van der Waals surface area contributed by atoms with Gasteiger partial charge >= 0.3 is 0 Å². The van der Waals surface area contributed by atoms with Crippen LogP contribution in [0, 0.1) is 5.92 Å². The average molecular weight is 1290 g/mol. The number of nitrogens with two attached hydrogens (primary N) is 3. The molecule has 33 heteroatoms. The largest absolute Gasteiger partial charge is 0.370 e. The van der Waals surface area contributed by atoms with Crippen LogP contribution in [0.3, 0.4) is 0 Å². The fourth-order valence-corrected chi connectivity index (χ4v) is 10.3. The van der Waals surface area contributed by atoms with Crippen molar-refractivity contribution in [1.82, 2.24) is 73.7 Å². The molecule has 18 N–H and O–H groups in total. The predicted octanol–water partition coefficient (Wildman–Crippen LogP) is -5.17. The molecule has 1 aromatic carbocycles. The Morgan fingerprint density at radius 1 is 0.703 bits per heavy atom. The van der Waals surface area contributed by atoms with Crippen molar-refractivity contribution in [2.24, 2.45) is 28.1 Å². The van der Waals surface area contributed by atoms with Crippen LogP contribution in [0.15, 0.2) is 53.8 Å². The van der Waals surface area contributed by atoms with E-state index in [1.807, 2.05) is 0 Å². The highest BCUT2D eigenvalue weighted by Gasteiger charge is 2.41. The minimum Gasteiger partial charge on any atom is -0.370 e. The summed E-state index contributed by atoms with van der Waals surface area (Å²) in [5.74, 6) is -13.5. The lowest BCUT2D eigenvalue weighted by Gasteiger charge is -2.31. The molecule has 2 bridgehead atoms. The minimum absolute atomic E-state index is 0.0180. The van der Waals surface area contributed by atoms with Gasteiger partial charge in [0.15, 0.2) is 5.96 Å². The fourth-order valence-electron chi connectivity index (χ4n) is 10.2. The Kier molecular flexibility index (Phi) is 28.3. The number of carbonyl (C=O) groups excluding carboxylic acids is 14. The number of carbonyl (C=O) groups is 14. The van der Waals surface area contributed by atoms with Crippen LogP contribution in [-0.2, 0) is 80.0 Å². The maximum atomic E-state index is 15.0. The molecule has 3 fully saturated rings. The van der Waals surface area contributed by atoms with Gasteiger partial charge in [0, 0.05) is 69.8 Å². The van der Waals surface area contributed by atoms with Crippen molar-refractivity contribution < 1.29 is 67.1 Å². The third-order valence-electron chi connectivity index (χ3n) is 14.9. The molecular formula is C58H83ClN18O14. The molecule has 0 saturated carbocycles. The Morgan fingerprint density at radius 2 is 1.36 bits per heavy atom. The second-order valence-electron chi connectivity index (χ2n) is 22.7. The van der Waals surface area contributed by atoms with E-state index in [0.717, 1.165) is 0 Å². The number of guanidine groups is 1. The number of hydrogen-bond donors (Lipinski definition) is 15. The Morgan fingerprint density at radius 3 is 2.01 bits per heavy atom. The maximum absolute atomic E-state index is 15.0. The highest BCUT2D eigenvalue weighted by molar-refractivity contribution is 6.30. The Bertz CT molecular complexity index is 3010. The summed E-state index contributed by atoms with van der Waals surface area (Å²) in [4.78, 5) is 206. The molecule has 1 aromatic heterocycles. The summed E-state index contributed by atoms with van der Waals surface area (Å²) in [6.07, 6.45) is 0.151. The van der Waals surface area contributed by atoms with Crippen LogP contribution in [0.25, 0.3) is 0 Å². The number of primary amides is 1. The van der Waals surface area contributed by atoms with Gasteiger partial charge in [-0.1, -0.05) is 50.6 Å². The average Bonchev–Trinajstić information content (AvgIpc) is 2.29. The molecule has 0 spiro atoms. The zero-order valence-corrected chi connectivity index (χ0v) is 51.9. The Labute approximate surface area is 530 Å². The molecule has 2 unspecified atom stereocenters. The summed E-state index contributed by atoms with van der Waals surface area (Å²) in [7, 11) is 0. The van der Waals surface area contributed by atoms with Gasteiger partial charge in [-0.25, -0.2) is 0 Å². The number of amides is 14. The van der Waals surface area contributed by atoms with Crippen molar-refractivity contribution in [2.45, 2.75) is 165 Å². The second-order valence-corrected chi connectivity index (χ2v) is 23.1. The fraction of sp³-hybridized carbons (Fsp3) is 0.552. The molecule has 496 valence electrons. The van der Waals surface area contributed by atoms with Crippen molar-refractivity contribution in [3.05, 3.63) is 64.9 Å². The molecule has 3 saturated heterocycles. The van der Waals surface area contributed by atoms with E-state index in [2.05, 4.69) is 73.8 Å². The van der Waals surface area contributed by atoms with Crippen LogP contribution >= 0.6 is 11.6 Å². The van der Waals surface area contributed by atoms with Gasteiger partial charge in [0.2, 0.25) is 82.7 Å². The first-order chi connectivity index (χ1) is 43.2. The number of benzene rings is 1. The van der Waals surface area contributed by atoms with E-state index in [1.54, 1.807) is 51.1 Å². The molecule has 32 nitrogen and oxygen atoms in total. The number of hydrogen-bond acceptors (Lipinski definition) is 16. The molecule has 91 heavy (non-hydrogen) atoms. The van der Waals surface area contributed by atoms with Gasteiger partial charge in [-0.3, -0.25) is 77.1 Å². The first kappa shape index (κ1) is 72.3. The number of aliphatic imine (C=N–C) groups is 1. The smallest absolute Gasteiger partial charge is 0.245 e. The molecule has 3 aliphatic rings. The van der Waals surface area contributed by atoms with Crippen molar-refractivity contribution in [1.29, 1.82) is 0 Å². The van der Waals surface area contributed by atoms with E-state index < -0.39 is 175 Å². The molecule has 0 aliphatic carbocycles. The molecule has 14 amide bonds. The van der Waals surface area contributed by atoms with Gasteiger partial charge in [-0.05, 0) is 86.6 Å².